The van der Waals surface area contributed by atoms with Gasteiger partial charge in [-0.05, 0) is 57.1 Å². The first-order valence-electron chi connectivity index (χ1n) is 10.3. The van der Waals surface area contributed by atoms with Gasteiger partial charge in [-0.3, -0.25) is 9.03 Å². The van der Waals surface area contributed by atoms with Crippen LogP contribution in [-0.2, 0) is 20.0 Å². The summed E-state index contributed by atoms with van der Waals surface area (Å²) >= 11 is 0. The van der Waals surface area contributed by atoms with E-state index in [-0.39, 0.29) is 17.1 Å². The van der Waals surface area contributed by atoms with Crippen molar-refractivity contribution in [3.63, 3.8) is 0 Å². The average Bonchev–Trinajstić information content (AvgIpc) is 2.98. The first-order chi connectivity index (χ1) is 14.6. The van der Waals surface area contributed by atoms with Crippen LogP contribution in [0.15, 0.2) is 47.4 Å². The Morgan fingerprint density at radius 3 is 2.39 bits per heavy atom. The minimum atomic E-state index is -3.88. The van der Waals surface area contributed by atoms with E-state index in [1.54, 1.807) is 31.2 Å². The summed E-state index contributed by atoms with van der Waals surface area (Å²) in [6.07, 6.45) is 2.10. The van der Waals surface area contributed by atoms with Crippen molar-refractivity contribution >= 4 is 37.1 Å². The molecule has 1 heterocycles. The number of hydrogen-bond acceptors (Lipinski definition) is 6. The molecule has 0 radical (unpaired) electrons. The summed E-state index contributed by atoms with van der Waals surface area (Å²) < 4.78 is 54.6. The molecule has 0 saturated carbocycles. The minimum Gasteiger partial charge on any atom is -0.370 e. The third kappa shape index (κ3) is 5.69. The molecule has 10 heteroatoms. The molecule has 1 saturated heterocycles. The monoisotopic (exact) mass is 466 g/mol. The number of rotatable bonds is 7. The molecule has 0 aromatic heterocycles. The van der Waals surface area contributed by atoms with Gasteiger partial charge in [0.05, 0.1) is 22.5 Å². The highest BCUT2D eigenvalue weighted by molar-refractivity contribution is 7.93. The Labute approximate surface area is 185 Å². The lowest BCUT2D eigenvalue weighted by Gasteiger charge is -2.28. The highest BCUT2D eigenvalue weighted by Crippen LogP contribution is 2.34. The molecular formula is C21H30N4O4S2. The van der Waals surface area contributed by atoms with Crippen LogP contribution in [0.25, 0.3) is 0 Å². The van der Waals surface area contributed by atoms with Gasteiger partial charge in [0.15, 0.2) is 0 Å². The second-order valence-corrected chi connectivity index (χ2v) is 11.2. The molecule has 31 heavy (non-hydrogen) atoms. The SMILES string of the molecule is CCN(c1cc(N2CCCNCC2)ccc1NS(=O)(=O)c1ccc(C)cc1)S(C)(=O)=O. The Balaban J connectivity index is 2.04. The van der Waals surface area contributed by atoms with E-state index in [2.05, 4.69) is 14.9 Å². The van der Waals surface area contributed by atoms with Crippen LogP contribution < -0.4 is 19.2 Å². The lowest BCUT2D eigenvalue weighted by molar-refractivity contribution is 0.596. The minimum absolute atomic E-state index is 0.120. The van der Waals surface area contributed by atoms with Crippen LogP contribution in [-0.4, -0.2) is 55.8 Å². The van der Waals surface area contributed by atoms with Crippen LogP contribution in [0.3, 0.4) is 0 Å². The third-order valence-electron chi connectivity index (χ3n) is 5.22. The molecule has 0 bridgehead atoms. The molecule has 1 aliphatic heterocycles. The van der Waals surface area contributed by atoms with Crippen molar-refractivity contribution in [1.82, 2.24) is 5.32 Å². The van der Waals surface area contributed by atoms with E-state index < -0.39 is 20.0 Å². The van der Waals surface area contributed by atoms with E-state index in [0.717, 1.165) is 50.1 Å². The molecule has 8 nitrogen and oxygen atoms in total. The predicted molar refractivity (Wildman–Crippen MR) is 126 cm³/mol. The number of anilines is 3. The van der Waals surface area contributed by atoms with Gasteiger partial charge >= 0.3 is 0 Å². The van der Waals surface area contributed by atoms with Gasteiger partial charge in [-0.25, -0.2) is 16.8 Å². The van der Waals surface area contributed by atoms with E-state index in [1.165, 1.54) is 16.4 Å². The smallest absolute Gasteiger partial charge is 0.261 e. The van der Waals surface area contributed by atoms with Crippen LogP contribution in [0.5, 0.6) is 0 Å². The van der Waals surface area contributed by atoms with Crippen molar-refractivity contribution in [3.8, 4) is 0 Å². The normalized spacial score (nSPS) is 15.4. The Kier molecular flexibility index (Phi) is 7.13. The Morgan fingerprint density at radius 2 is 1.74 bits per heavy atom. The number of aryl methyl sites for hydroxylation is 1. The molecule has 0 aliphatic carbocycles. The Hall–Kier alpha value is -2.30. The molecule has 3 rings (SSSR count). The lowest BCUT2D eigenvalue weighted by atomic mass is 10.2. The van der Waals surface area contributed by atoms with Crippen molar-refractivity contribution in [2.75, 3.05) is 52.9 Å². The van der Waals surface area contributed by atoms with Crippen LogP contribution in [0.1, 0.15) is 18.9 Å². The maximum Gasteiger partial charge on any atom is 0.261 e. The number of nitrogens with zero attached hydrogens (tertiary/aromatic N) is 2. The van der Waals surface area contributed by atoms with Crippen molar-refractivity contribution in [1.29, 1.82) is 0 Å². The summed E-state index contributed by atoms with van der Waals surface area (Å²) in [7, 11) is -7.48. The summed E-state index contributed by atoms with van der Waals surface area (Å²) in [6, 6.07) is 11.7. The second kappa shape index (κ2) is 9.46. The summed E-state index contributed by atoms with van der Waals surface area (Å²) in [5, 5.41) is 3.34. The fourth-order valence-electron chi connectivity index (χ4n) is 3.62. The zero-order chi connectivity index (χ0) is 22.6. The van der Waals surface area contributed by atoms with Crippen molar-refractivity contribution in [2.24, 2.45) is 0 Å². The standard InChI is InChI=1S/C21H30N4O4S2/c1-4-25(30(3,26)27)21-16-18(24-14-5-12-22-13-15-24)8-11-20(21)23-31(28,29)19-9-6-17(2)7-10-19/h6-11,16,22-23H,4-5,12-15H2,1-3H3. The van der Waals surface area contributed by atoms with E-state index in [0.29, 0.717) is 5.69 Å². The number of benzene rings is 2. The molecule has 2 N–H and O–H groups in total. The van der Waals surface area contributed by atoms with Gasteiger partial charge in [-0.2, -0.15) is 0 Å². The fourth-order valence-corrected chi connectivity index (χ4v) is 5.67. The predicted octanol–water partition coefficient (Wildman–Crippen LogP) is 2.38. The van der Waals surface area contributed by atoms with Gasteiger partial charge in [0.2, 0.25) is 10.0 Å². The summed E-state index contributed by atoms with van der Waals surface area (Å²) in [5.41, 5.74) is 2.35. The van der Waals surface area contributed by atoms with Gasteiger partial charge in [0.25, 0.3) is 10.0 Å². The molecular weight excluding hydrogens is 436 g/mol. The van der Waals surface area contributed by atoms with Crippen LogP contribution >= 0.6 is 0 Å². The summed E-state index contributed by atoms with van der Waals surface area (Å²) in [6.45, 7) is 7.18. The molecule has 170 valence electrons. The number of nitrogens with one attached hydrogen (secondary N) is 2. The topological polar surface area (TPSA) is 98.8 Å². The molecule has 2 aromatic rings. The zero-order valence-corrected chi connectivity index (χ0v) is 19.8. The van der Waals surface area contributed by atoms with Gasteiger partial charge in [-0.1, -0.05) is 17.7 Å². The molecule has 1 aliphatic rings. The van der Waals surface area contributed by atoms with E-state index >= 15 is 0 Å². The maximum atomic E-state index is 13.0. The Bertz CT molecular complexity index is 1110. The van der Waals surface area contributed by atoms with Gasteiger partial charge < -0.3 is 10.2 Å². The summed E-state index contributed by atoms with van der Waals surface area (Å²) in [5.74, 6) is 0. The molecule has 0 amide bonds. The molecule has 2 aromatic carbocycles. The van der Waals surface area contributed by atoms with Gasteiger partial charge in [0.1, 0.15) is 0 Å². The molecule has 0 unspecified atom stereocenters. The van der Waals surface area contributed by atoms with Crippen molar-refractivity contribution in [3.05, 3.63) is 48.0 Å². The lowest BCUT2D eigenvalue weighted by Crippen LogP contribution is -2.32. The first-order valence-corrected chi connectivity index (χ1v) is 13.6. The Morgan fingerprint density at radius 1 is 1.03 bits per heavy atom. The number of sulfonamides is 2. The highest BCUT2D eigenvalue weighted by Gasteiger charge is 2.24. The van der Waals surface area contributed by atoms with Crippen LogP contribution in [0, 0.1) is 6.92 Å². The number of hydrogen-bond donors (Lipinski definition) is 2. The van der Waals surface area contributed by atoms with Gasteiger partial charge in [0, 0.05) is 31.9 Å². The molecule has 0 spiro atoms. The molecule has 1 fully saturated rings. The summed E-state index contributed by atoms with van der Waals surface area (Å²) in [4.78, 5) is 2.30. The highest BCUT2D eigenvalue weighted by atomic mass is 32.2. The van der Waals surface area contributed by atoms with Crippen molar-refractivity contribution < 1.29 is 16.8 Å². The fraction of sp³-hybridized carbons (Fsp3) is 0.429. The van der Waals surface area contributed by atoms with E-state index in [4.69, 9.17) is 0 Å². The quantitative estimate of drug-likeness (QED) is 0.650. The first kappa shape index (κ1) is 23.4. The van der Waals surface area contributed by atoms with Crippen LogP contribution in [0.2, 0.25) is 0 Å². The zero-order valence-electron chi connectivity index (χ0n) is 18.1. The maximum absolute atomic E-state index is 13.0. The van der Waals surface area contributed by atoms with Crippen molar-refractivity contribution in [2.45, 2.75) is 25.2 Å². The largest absolute Gasteiger partial charge is 0.370 e. The molecule has 0 atom stereocenters. The second-order valence-electron chi connectivity index (χ2n) is 7.64. The van der Waals surface area contributed by atoms with Gasteiger partial charge in [-0.15, -0.1) is 0 Å². The van der Waals surface area contributed by atoms with E-state index in [1.807, 2.05) is 13.0 Å². The van der Waals surface area contributed by atoms with Crippen LogP contribution in [0.4, 0.5) is 17.1 Å². The third-order valence-corrected chi connectivity index (χ3v) is 7.86. The van der Waals surface area contributed by atoms with E-state index in [9.17, 15) is 16.8 Å². The average molecular weight is 467 g/mol.